The van der Waals surface area contributed by atoms with Gasteiger partial charge in [-0.1, -0.05) is 11.6 Å². The number of methoxy groups -OCH3 is 1. The van der Waals surface area contributed by atoms with Crippen molar-refractivity contribution in [3.63, 3.8) is 0 Å². The standard InChI is InChI=1S/C19H19ClN2O2/c1-19(18(23)12-3-5-13(20)6-4-12)16(9-10-21)15-11-14(24-2)7-8-17(15)22-19/h3-8,11H,9-10,21H2,1-2H3. The van der Waals surface area contributed by atoms with Crippen LogP contribution in [0.25, 0.3) is 5.57 Å². The Morgan fingerprint density at radius 1 is 1.25 bits per heavy atom. The number of ether oxygens (including phenoxy) is 1. The lowest BCUT2D eigenvalue weighted by atomic mass is 9.83. The third-order valence-electron chi connectivity index (χ3n) is 4.40. The zero-order valence-electron chi connectivity index (χ0n) is 13.7. The predicted molar refractivity (Wildman–Crippen MR) is 95.0 cm³/mol. The number of hydrogen-bond donors (Lipinski definition) is 1. The van der Waals surface area contributed by atoms with Crippen molar-refractivity contribution in [1.29, 1.82) is 0 Å². The fourth-order valence-corrected chi connectivity index (χ4v) is 3.27. The summed E-state index contributed by atoms with van der Waals surface area (Å²) in [6, 6.07) is 12.5. The van der Waals surface area contributed by atoms with Crippen LogP contribution in [0.3, 0.4) is 0 Å². The molecule has 0 aromatic heterocycles. The number of ketones is 1. The maximum atomic E-state index is 13.2. The normalized spacial score (nSPS) is 18.9. The molecule has 5 heteroatoms. The van der Waals surface area contributed by atoms with Crippen molar-refractivity contribution < 1.29 is 9.53 Å². The third-order valence-corrected chi connectivity index (χ3v) is 4.66. The van der Waals surface area contributed by atoms with Crippen LogP contribution in [0.1, 0.15) is 23.7 Å². The Kier molecular flexibility index (Phi) is 4.43. The minimum absolute atomic E-state index is 0.0576. The molecule has 2 aromatic rings. The van der Waals surface area contributed by atoms with Crippen LogP contribution in [0.4, 0.5) is 0 Å². The summed E-state index contributed by atoms with van der Waals surface area (Å²) >= 11 is 5.93. The molecular formula is C19H19ClN2O2. The van der Waals surface area contributed by atoms with Crippen LogP contribution in [-0.4, -0.2) is 25.0 Å². The molecule has 0 saturated heterocycles. The zero-order valence-corrected chi connectivity index (χ0v) is 14.4. The highest BCUT2D eigenvalue weighted by molar-refractivity contribution is 6.30. The van der Waals surface area contributed by atoms with Crippen LogP contribution >= 0.6 is 11.6 Å². The van der Waals surface area contributed by atoms with Gasteiger partial charge in [-0.25, -0.2) is 0 Å². The molecule has 1 atom stereocenters. The first-order chi connectivity index (χ1) is 11.5. The SMILES string of the molecule is COc1ccc2c(c1)=C(CCN)C(C)(C(=O)c1ccc(Cl)cc1)N=2. The minimum Gasteiger partial charge on any atom is -0.497 e. The van der Waals surface area contributed by atoms with E-state index in [2.05, 4.69) is 0 Å². The molecule has 24 heavy (non-hydrogen) atoms. The lowest BCUT2D eigenvalue weighted by Crippen LogP contribution is -2.35. The molecular weight excluding hydrogens is 324 g/mol. The van der Waals surface area contributed by atoms with Gasteiger partial charge in [-0.15, -0.1) is 0 Å². The van der Waals surface area contributed by atoms with Crippen LogP contribution in [0.5, 0.6) is 5.75 Å². The number of halogens is 1. The monoisotopic (exact) mass is 342 g/mol. The fourth-order valence-electron chi connectivity index (χ4n) is 3.14. The first-order valence-electron chi connectivity index (χ1n) is 7.77. The van der Waals surface area contributed by atoms with Crippen molar-refractivity contribution in [3.8, 4) is 5.75 Å². The summed E-state index contributed by atoms with van der Waals surface area (Å²) in [7, 11) is 1.62. The quantitative estimate of drug-likeness (QED) is 0.846. The number of benzene rings is 2. The second-order valence-electron chi connectivity index (χ2n) is 5.92. The van der Waals surface area contributed by atoms with Crippen molar-refractivity contribution in [2.45, 2.75) is 18.9 Å². The van der Waals surface area contributed by atoms with Gasteiger partial charge < -0.3 is 10.5 Å². The highest BCUT2D eigenvalue weighted by atomic mass is 35.5. The molecule has 1 aliphatic rings. The molecule has 4 nitrogen and oxygen atoms in total. The van der Waals surface area contributed by atoms with Crippen LogP contribution in [-0.2, 0) is 0 Å². The third kappa shape index (κ3) is 2.72. The summed E-state index contributed by atoms with van der Waals surface area (Å²) in [6.45, 7) is 2.30. The van der Waals surface area contributed by atoms with Crippen molar-refractivity contribution in [1.82, 2.24) is 0 Å². The smallest absolute Gasteiger partial charge is 0.194 e. The molecule has 0 aliphatic carbocycles. The number of hydrogen-bond acceptors (Lipinski definition) is 4. The Morgan fingerprint density at radius 3 is 2.58 bits per heavy atom. The molecule has 3 rings (SSSR count). The highest BCUT2D eigenvalue weighted by Crippen LogP contribution is 2.31. The Morgan fingerprint density at radius 2 is 1.96 bits per heavy atom. The number of Topliss-reactive ketones (excluding diaryl/α,β-unsaturated/α-hetero) is 1. The molecule has 1 aliphatic heterocycles. The minimum atomic E-state index is -0.956. The van der Waals surface area contributed by atoms with Crippen molar-refractivity contribution >= 4 is 23.0 Å². The summed E-state index contributed by atoms with van der Waals surface area (Å²) < 4.78 is 5.31. The van der Waals surface area contributed by atoms with Crippen LogP contribution in [0.2, 0.25) is 5.02 Å². The van der Waals surface area contributed by atoms with Crippen LogP contribution in [0, 0.1) is 0 Å². The predicted octanol–water partition coefficient (Wildman–Crippen LogP) is 2.12. The van der Waals surface area contributed by atoms with E-state index in [1.807, 2.05) is 25.1 Å². The molecule has 1 heterocycles. The van der Waals surface area contributed by atoms with Crippen molar-refractivity contribution in [2.24, 2.45) is 10.7 Å². The Hall–Kier alpha value is -2.17. The van der Waals surface area contributed by atoms with Gasteiger partial charge in [0.1, 0.15) is 11.3 Å². The molecule has 0 saturated carbocycles. The van der Waals surface area contributed by atoms with Gasteiger partial charge in [-0.2, -0.15) is 0 Å². The largest absolute Gasteiger partial charge is 0.497 e. The van der Waals surface area contributed by atoms with E-state index >= 15 is 0 Å². The first-order valence-corrected chi connectivity index (χ1v) is 8.15. The maximum absolute atomic E-state index is 13.2. The topological polar surface area (TPSA) is 64.7 Å². The fraction of sp³-hybridized carbons (Fsp3) is 0.263. The highest BCUT2D eigenvalue weighted by Gasteiger charge is 2.40. The second-order valence-corrected chi connectivity index (χ2v) is 6.36. The summed E-state index contributed by atoms with van der Waals surface area (Å²) in [4.78, 5) is 17.9. The molecule has 2 aromatic carbocycles. The summed E-state index contributed by atoms with van der Waals surface area (Å²) in [6.07, 6.45) is 0.597. The van der Waals surface area contributed by atoms with Gasteiger partial charge in [0.2, 0.25) is 0 Å². The van der Waals surface area contributed by atoms with Gasteiger partial charge in [-0.3, -0.25) is 9.79 Å². The number of carbonyl (C=O) groups excluding carboxylic acids is 1. The summed E-state index contributed by atoms with van der Waals surface area (Å²) in [5, 5.41) is 2.33. The number of carbonyl (C=O) groups is 1. The summed E-state index contributed by atoms with van der Waals surface area (Å²) in [5.41, 5.74) is 6.35. The molecule has 0 amide bonds. The van der Waals surface area contributed by atoms with E-state index in [1.54, 1.807) is 31.4 Å². The Bertz CT molecular complexity index is 906. The molecule has 2 N–H and O–H groups in total. The summed E-state index contributed by atoms with van der Waals surface area (Å²) in [5.74, 6) is 0.680. The van der Waals surface area contributed by atoms with Crippen LogP contribution < -0.4 is 21.0 Å². The first kappa shape index (κ1) is 16.7. The average Bonchev–Trinajstić information content (AvgIpc) is 2.88. The molecule has 0 spiro atoms. The van der Waals surface area contributed by atoms with Gasteiger partial charge in [0.25, 0.3) is 0 Å². The number of fused-ring (bicyclic) bond motifs is 1. The lowest BCUT2D eigenvalue weighted by molar-refractivity contribution is 0.0936. The number of rotatable bonds is 5. The van der Waals surface area contributed by atoms with E-state index in [0.717, 1.165) is 21.9 Å². The van der Waals surface area contributed by atoms with E-state index in [0.29, 0.717) is 23.6 Å². The van der Waals surface area contributed by atoms with E-state index in [-0.39, 0.29) is 5.78 Å². The van der Waals surface area contributed by atoms with Gasteiger partial charge >= 0.3 is 0 Å². The van der Waals surface area contributed by atoms with E-state index < -0.39 is 5.54 Å². The molecule has 0 fully saturated rings. The van der Waals surface area contributed by atoms with Gasteiger partial charge in [0.05, 0.1) is 12.5 Å². The Labute approximate surface area is 145 Å². The molecule has 1 unspecified atom stereocenters. The molecule has 0 radical (unpaired) electrons. The van der Waals surface area contributed by atoms with E-state index in [9.17, 15) is 4.79 Å². The van der Waals surface area contributed by atoms with Gasteiger partial charge in [0.15, 0.2) is 5.78 Å². The lowest BCUT2D eigenvalue weighted by Gasteiger charge is -2.24. The molecule has 124 valence electrons. The average molecular weight is 343 g/mol. The van der Waals surface area contributed by atoms with Crippen molar-refractivity contribution in [2.75, 3.05) is 13.7 Å². The van der Waals surface area contributed by atoms with Gasteiger partial charge in [-0.05, 0) is 67.9 Å². The second kappa shape index (κ2) is 6.38. The Balaban J connectivity index is 2.17. The van der Waals surface area contributed by atoms with E-state index in [4.69, 9.17) is 27.1 Å². The van der Waals surface area contributed by atoms with Gasteiger partial charge in [0, 0.05) is 15.8 Å². The maximum Gasteiger partial charge on any atom is 0.194 e. The van der Waals surface area contributed by atoms with Crippen LogP contribution in [0.15, 0.2) is 47.5 Å². The zero-order chi connectivity index (χ0) is 17.3. The van der Waals surface area contributed by atoms with Crippen molar-refractivity contribution in [3.05, 3.63) is 63.6 Å². The van der Waals surface area contributed by atoms with E-state index in [1.165, 1.54) is 0 Å². The molecule has 0 bridgehead atoms. The number of nitrogens with zero attached hydrogens (tertiary/aromatic N) is 1. The number of nitrogens with two attached hydrogens (primary N) is 1.